The number of aromatic amines is 1. The van der Waals surface area contributed by atoms with Crippen molar-refractivity contribution in [2.24, 2.45) is 0 Å². The second kappa shape index (κ2) is 9.03. The summed E-state index contributed by atoms with van der Waals surface area (Å²) in [5.41, 5.74) is -0.806. The summed E-state index contributed by atoms with van der Waals surface area (Å²) in [5, 5.41) is 23.4. The second-order valence-corrected chi connectivity index (χ2v) is 6.65. The van der Waals surface area contributed by atoms with Crippen molar-refractivity contribution in [2.75, 3.05) is 13.2 Å². The van der Waals surface area contributed by atoms with E-state index in [9.17, 15) is 24.6 Å². The predicted octanol–water partition coefficient (Wildman–Crippen LogP) is -1.15. The SMILES string of the molecule is CCOc1ccc(C(=O)N[C@@H]2CO[C@H](Cn3ccc(=O)[nH]c3=O)[C@@H](O)[C@H]2O)cc1. The molecule has 4 N–H and O–H groups in total. The molecule has 29 heavy (non-hydrogen) atoms. The highest BCUT2D eigenvalue weighted by molar-refractivity contribution is 5.94. The van der Waals surface area contributed by atoms with E-state index in [4.69, 9.17) is 9.47 Å². The van der Waals surface area contributed by atoms with Gasteiger partial charge in [-0.05, 0) is 31.2 Å². The number of ether oxygens (including phenoxy) is 2. The number of hydrogen-bond acceptors (Lipinski definition) is 7. The number of aliphatic hydroxyl groups excluding tert-OH is 2. The number of nitrogens with zero attached hydrogens (tertiary/aromatic N) is 1. The van der Waals surface area contributed by atoms with Crippen LogP contribution < -0.4 is 21.3 Å². The Balaban J connectivity index is 1.61. The van der Waals surface area contributed by atoms with Crippen molar-refractivity contribution >= 4 is 5.91 Å². The van der Waals surface area contributed by atoms with E-state index in [1.165, 1.54) is 16.8 Å². The maximum atomic E-state index is 12.4. The first-order valence-electron chi connectivity index (χ1n) is 9.20. The third-order valence-corrected chi connectivity index (χ3v) is 4.65. The molecule has 2 aromatic rings. The Morgan fingerprint density at radius 1 is 1.24 bits per heavy atom. The normalized spacial score (nSPS) is 24.1. The fraction of sp³-hybridized carbons (Fsp3) is 0.421. The molecule has 3 rings (SSSR count). The molecule has 4 atom stereocenters. The summed E-state index contributed by atoms with van der Waals surface area (Å²) in [7, 11) is 0. The minimum absolute atomic E-state index is 0.0518. The van der Waals surface area contributed by atoms with E-state index in [2.05, 4.69) is 10.3 Å². The van der Waals surface area contributed by atoms with Gasteiger partial charge in [-0.3, -0.25) is 19.1 Å². The fourth-order valence-corrected chi connectivity index (χ4v) is 3.07. The molecule has 0 aliphatic carbocycles. The summed E-state index contributed by atoms with van der Waals surface area (Å²) in [6.45, 7) is 2.26. The molecule has 1 aromatic heterocycles. The molecule has 0 unspecified atom stereocenters. The van der Waals surface area contributed by atoms with E-state index in [1.807, 2.05) is 6.92 Å². The third kappa shape index (κ3) is 4.91. The van der Waals surface area contributed by atoms with Gasteiger partial charge in [-0.1, -0.05) is 0 Å². The minimum atomic E-state index is -1.34. The van der Waals surface area contributed by atoms with Gasteiger partial charge in [-0.2, -0.15) is 0 Å². The number of carbonyl (C=O) groups is 1. The van der Waals surface area contributed by atoms with Crippen molar-refractivity contribution in [1.29, 1.82) is 0 Å². The maximum absolute atomic E-state index is 12.4. The van der Waals surface area contributed by atoms with E-state index < -0.39 is 41.5 Å². The predicted molar refractivity (Wildman–Crippen MR) is 102 cm³/mol. The van der Waals surface area contributed by atoms with E-state index in [-0.39, 0.29) is 13.2 Å². The maximum Gasteiger partial charge on any atom is 0.328 e. The average molecular weight is 405 g/mol. The first-order valence-corrected chi connectivity index (χ1v) is 9.20. The summed E-state index contributed by atoms with van der Waals surface area (Å²) in [6, 6.07) is 6.87. The highest BCUT2D eigenvalue weighted by Crippen LogP contribution is 2.18. The zero-order chi connectivity index (χ0) is 21.0. The molecule has 1 amide bonds. The van der Waals surface area contributed by atoms with Crippen LogP contribution in [0, 0.1) is 0 Å². The van der Waals surface area contributed by atoms with Crippen LogP contribution >= 0.6 is 0 Å². The summed E-state index contributed by atoms with van der Waals surface area (Å²) >= 11 is 0. The first kappa shape index (κ1) is 20.8. The fourth-order valence-electron chi connectivity index (χ4n) is 3.07. The number of carbonyl (C=O) groups excluding carboxylic acids is 1. The molecule has 1 aliphatic rings. The number of aromatic nitrogens is 2. The molecule has 1 aliphatic heterocycles. The van der Waals surface area contributed by atoms with Crippen molar-refractivity contribution in [3.05, 3.63) is 62.9 Å². The molecule has 2 heterocycles. The number of rotatable bonds is 6. The van der Waals surface area contributed by atoms with Crippen molar-refractivity contribution < 1.29 is 24.5 Å². The Morgan fingerprint density at radius 2 is 1.97 bits per heavy atom. The number of benzene rings is 1. The number of H-pyrrole nitrogens is 1. The first-order chi connectivity index (χ1) is 13.9. The Hall–Kier alpha value is -2.95. The molecule has 1 saturated heterocycles. The van der Waals surface area contributed by atoms with Crippen molar-refractivity contribution in [3.63, 3.8) is 0 Å². The molecule has 1 fully saturated rings. The van der Waals surface area contributed by atoms with Gasteiger partial charge in [0.2, 0.25) is 0 Å². The Morgan fingerprint density at radius 3 is 2.62 bits per heavy atom. The smallest absolute Gasteiger partial charge is 0.328 e. The Kier molecular flexibility index (Phi) is 6.47. The second-order valence-electron chi connectivity index (χ2n) is 6.65. The zero-order valence-electron chi connectivity index (χ0n) is 15.8. The van der Waals surface area contributed by atoms with Crippen LogP contribution in [0.25, 0.3) is 0 Å². The highest BCUT2D eigenvalue weighted by atomic mass is 16.5. The number of aliphatic hydroxyl groups is 2. The van der Waals surface area contributed by atoms with E-state index >= 15 is 0 Å². The summed E-state index contributed by atoms with van der Waals surface area (Å²) in [5.74, 6) is 0.212. The molecule has 0 bridgehead atoms. The van der Waals surface area contributed by atoms with Crippen LogP contribution in [-0.4, -0.2) is 63.2 Å². The van der Waals surface area contributed by atoms with Crippen LogP contribution in [0.3, 0.4) is 0 Å². The van der Waals surface area contributed by atoms with Crippen LogP contribution in [0.4, 0.5) is 0 Å². The van der Waals surface area contributed by atoms with Crippen LogP contribution in [0.1, 0.15) is 17.3 Å². The van der Waals surface area contributed by atoms with Crippen LogP contribution in [0.15, 0.2) is 46.1 Å². The average Bonchev–Trinajstić information content (AvgIpc) is 2.70. The highest BCUT2D eigenvalue weighted by Gasteiger charge is 2.39. The van der Waals surface area contributed by atoms with Crippen molar-refractivity contribution in [1.82, 2.24) is 14.9 Å². The molecule has 156 valence electrons. The monoisotopic (exact) mass is 405 g/mol. The van der Waals surface area contributed by atoms with Crippen LogP contribution in [-0.2, 0) is 11.3 Å². The minimum Gasteiger partial charge on any atom is -0.494 e. The molecule has 0 saturated carbocycles. The zero-order valence-corrected chi connectivity index (χ0v) is 15.8. The lowest BCUT2D eigenvalue weighted by Crippen LogP contribution is -2.60. The molecule has 10 heteroatoms. The van der Waals surface area contributed by atoms with Gasteiger partial charge >= 0.3 is 5.69 Å². The van der Waals surface area contributed by atoms with Gasteiger partial charge in [-0.25, -0.2) is 4.79 Å². The quantitative estimate of drug-likeness (QED) is 0.475. The number of nitrogens with one attached hydrogen (secondary N) is 2. The molecule has 0 spiro atoms. The van der Waals surface area contributed by atoms with Crippen molar-refractivity contribution in [2.45, 2.75) is 37.8 Å². The lowest BCUT2D eigenvalue weighted by molar-refractivity contribution is -0.152. The van der Waals surface area contributed by atoms with Gasteiger partial charge in [0.1, 0.15) is 24.1 Å². The molecular formula is C19H23N3O7. The van der Waals surface area contributed by atoms with E-state index in [1.54, 1.807) is 24.3 Å². The molecule has 0 radical (unpaired) electrons. The topological polar surface area (TPSA) is 143 Å². The molecular weight excluding hydrogens is 382 g/mol. The third-order valence-electron chi connectivity index (χ3n) is 4.65. The summed E-state index contributed by atoms with van der Waals surface area (Å²) < 4.78 is 12.0. The lowest BCUT2D eigenvalue weighted by atomic mass is 9.97. The van der Waals surface area contributed by atoms with Crippen LogP contribution in [0.5, 0.6) is 5.75 Å². The summed E-state index contributed by atoms with van der Waals surface area (Å²) in [4.78, 5) is 37.4. The van der Waals surface area contributed by atoms with E-state index in [0.717, 1.165) is 0 Å². The number of hydrogen-bond donors (Lipinski definition) is 4. The van der Waals surface area contributed by atoms with Gasteiger partial charge < -0.3 is 25.0 Å². The van der Waals surface area contributed by atoms with Crippen LogP contribution in [0.2, 0.25) is 0 Å². The lowest BCUT2D eigenvalue weighted by Gasteiger charge is -2.38. The molecule has 1 aromatic carbocycles. The largest absolute Gasteiger partial charge is 0.494 e. The van der Waals surface area contributed by atoms with Gasteiger partial charge in [0, 0.05) is 17.8 Å². The van der Waals surface area contributed by atoms with Crippen molar-refractivity contribution in [3.8, 4) is 5.75 Å². The standard InChI is InChI=1S/C19H23N3O7/c1-2-28-12-5-3-11(4-6-12)18(26)20-13-10-29-14(17(25)16(13)24)9-22-8-7-15(23)21-19(22)27/h3-8,13-14,16-17,24-25H,2,9-10H2,1H3,(H,20,26)(H,21,23,27)/t13-,14-,16+,17-/m1/s1. The molecule has 10 nitrogen and oxygen atoms in total. The van der Waals surface area contributed by atoms with E-state index in [0.29, 0.717) is 17.9 Å². The Labute approximate surface area is 165 Å². The van der Waals surface area contributed by atoms with Gasteiger partial charge in [-0.15, -0.1) is 0 Å². The number of amides is 1. The van der Waals surface area contributed by atoms with Gasteiger partial charge in [0.25, 0.3) is 11.5 Å². The summed E-state index contributed by atoms with van der Waals surface area (Å²) in [6.07, 6.45) is -2.23. The van der Waals surface area contributed by atoms with Gasteiger partial charge in [0.05, 0.1) is 25.8 Å². The van der Waals surface area contributed by atoms with Gasteiger partial charge in [0.15, 0.2) is 0 Å². The Bertz CT molecular complexity index is 953.